The summed E-state index contributed by atoms with van der Waals surface area (Å²) in [5, 5.41) is 4.65. The zero-order chi connectivity index (χ0) is 19.3. The molecular weight excluding hydrogens is 384 g/mol. The molecule has 2 aromatic rings. The van der Waals surface area contributed by atoms with Crippen LogP contribution in [0.4, 0.5) is 0 Å². The number of piperidine rings is 1. The average molecular weight is 409 g/mol. The lowest BCUT2D eigenvalue weighted by atomic mass is 10.0. The van der Waals surface area contributed by atoms with Crippen molar-refractivity contribution in [3.8, 4) is 5.75 Å². The fourth-order valence-corrected chi connectivity index (χ4v) is 6.16. The van der Waals surface area contributed by atoms with Gasteiger partial charge in [0.25, 0.3) is 10.0 Å². The van der Waals surface area contributed by atoms with Gasteiger partial charge in [0.1, 0.15) is 9.96 Å². The number of nitrogens with zero attached hydrogens (tertiary/aromatic N) is 1. The summed E-state index contributed by atoms with van der Waals surface area (Å²) >= 11 is 1.21. The molecule has 0 unspecified atom stereocenters. The molecule has 2 heterocycles. The molecule has 146 valence electrons. The van der Waals surface area contributed by atoms with Crippen molar-refractivity contribution >= 4 is 27.3 Å². The highest BCUT2D eigenvalue weighted by molar-refractivity contribution is 7.91. The number of carbonyl (C=O) groups excluding carboxylic acids is 1. The number of amides is 1. The highest BCUT2D eigenvalue weighted by Gasteiger charge is 2.35. The van der Waals surface area contributed by atoms with Crippen LogP contribution in [0.1, 0.15) is 31.2 Å². The Morgan fingerprint density at radius 3 is 2.81 bits per heavy atom. The molecule has 3 rings (SSSR count). The van der Waals surface area contributed by atoms with Gasteiger partial charge in [0, 0.05) is 31.1 Å². The summed E-state index contributed by atoms with van der Waals surface area (Å²) in [7, 11) is -1.95. The van der Waals surface area contributed by atoms with Gasteiger partial charge in [0.05, 0.1) is 7.11 Å². The van der Waals surface area contributed by atoms with Crippen molar-refractivity contribution in [2.24, 2.45) is 0 Å². The second-order valence-corrected chi connectivity index (χ2v) is 9.56. The monoisotopic (exact) mass is 408 g/mol. The molecule has 0 radical (unpaired) electrons. The van der Waals surface area contributed by atoms with Crippen LogP contribution in [0.25, 0.3) is 0 Å². The van der Waals surface area contributed by atoms with Crippen LogP contribution in [0.5, 0.6) is 5.75 Å². The number of ether oxygens (including phenoxy) is 1. The number of sulfonamides is 1. The Hall–Kier alpha value is -1.90. The van der Waals surface area contributed by atoms with E-state index in [0.717, 1.165) is 24.2 Å². The van der Waals surface area contributed by atoms with E-state index in [2.05, 4.69) is 5.32 Å². The number of rotatable bonds is 7. The number of hydrogen-bond acceptors (Lipinski definition) is 5. The number of carbonyl (C=O) groups is 1. The normalized spacial score (nSPS) is 18.2. The third-order valence-electron chi connectivity index (χ3n) is 4.72. The van der Waals surface area contributed by atoms with E-state index < -0.39 is 10.0 Å². The lowest BCUT2D eigenvalue weighted by molar-refractivity contribution is -0.122. The number of nitrogens with one attached hydrogen (secondary N) is 1. The molecule has 1 aromatic heterocycles. The van der Waals surface area contributed by atoms with E-state index in [0.29, 0.717) is 23.7 Å². The van der Waals surface area contributed by atoms with E-state index >= 15 is 0 Å². The Bertz CT molecular complexity index is 866. The third kappa shape index (κ3) is 4.69. The molecule has 1 amide bonds. The summed E-state index contributed by atoms with van der Waals surface area (Å²) in [4.78, 5) is 12.5. The van der Waals surface area contributed by atoms with Crippen molar-refractivity contribution in [3.63, 3.8) is 0 Å². The van der Waals surface area contributed by atoms with E-state index in [9.17, 15) is 13.2 Å². The maximum absolute atomic E-state index is 12.9. The van der Waals surface area contributed by atoms with Crippen LogP contribution < -0.4 is 10.1 Å². The fourth-order valence-electron chi connectivity index (χ4n) is 3.35. The molecule has 1 aromatic carbocycles. The molecule has 6 nitrogen and oxygen atoms in total. The number of para-hydroxylation sites is 1. The maximum Gasteiger partial charge on any atom is 0.252 e. The van der Waals surface area contributed by atoms with Crippen LogP contribution in [0.15, 0.2) is 46.0 Å². The molecule has 8 heteroatoms. The summed E-state index contributed by atoms with van der Waals surface area (Å²) in [6, 6.07) is 10.6. The van der Waals surface area contributed by atoms with Gasteiger partial charge in [0.15, 0.2) is 0 Å². The second kappa shape index (κ2) is 8.86. The van der Waals surface area contributed by atoms with Gasteiger partial charge in [-0.15, -0.1) is 11.3 Å². The molecule has 27 heavy (non-hydrogen) atoms. The van der Waals surface area contributed by atoms with E-state index in [4.69, 9.17) is 4.74 Å². The lowest BCUT2D eigenvalue weighted by Crippen LogP contribution is -2.45. The molecule has 0 bridgehead atoms. The van der Waals surface area contributed by atoms with Crippen molar-refractivity contribution < 1.29 is 17.9 Å². The summed E-state index contributed by atoms with van der Waals surface area (Å²) in [5.41, 5.74) is 0.889. The largest absolute Gasteiger partial charge is 0.496 e. The molecule has 1 N–H and O–H groups in total. The van der Waals surface area contributed by atoms with E-state index in [-0.39, 0.29) is 18.4 Å². The molecule has 0 spiro atoms. The van der Waals surface area contributed by atoms with E-state index in [1.54, 1.807) is 24.6 Å². The highest BCUT2D eigenvalue weighted by atomic mass is 32.2. The van der Waals surface area contributed by atoms with Crippen LogP contribution in [-0.4, -0.2) is 38.3 Å². The summed E-state index contributed by atoms with van der Waals surface area (Å²) in [6.45, 7) is 0.817. The Balaban J connectivity index is 1.65. The number of methoxy groups -OCH3 is 1. The minimum absolute atomic E-state index is 0.154. The average Bonchev–Trinajstić information content (AvgIpc) is 3.22. The zero-order valence-corrected chi connectivity index (χ0v) is 16.9. The molecular formula is C19H24N2O4S2. The molecule has 1 saturated heterocycles. The molecule has 0 aliphatic carbocycles. The predicted octanol–water partition coefficient (Wildman–Crippen LogP) is 3.01. The summed E-state index contributed by atoms with van der Waals surface area (Å²) in [6.07, 6.45) is 2.62. The number of hydrogen-bond donors (Lipinski definition) is 1. The number of thiophene rings is 1. The van der Waals surface area contributed by atoms with Crippen molar-refractivity contribution in [2.45, 2.75) is 42.5 Å². The Kier molecular flexibility index (Phi) is 6.51. The molecule has 1 aliphatic rings. The quantitative estimate of drug-likeness (QED) is 0.764. The van der Waals surface area contributed by atoms with Gasteiger partial charge in [-0.05, 0) is 30.4 Å². The number of benzene rings is 1. The predicted molar refractivity (Wildman–Crippen MR) is 105 cm³/mol. The minimum atomic E-state index is -3.54. The molecule has 1 fully saturated rings. The Labute approximate surface area is 164 Å². The van der Waals surface area contributed by atoms with Crippen LogP contribution in [0, 0.1) is 0 Å². The Morgan fingerprint density at radius 2 is 2.07 bits per heavy atom. The topological polar surface area (TPSA) is 75.7 Å². The zero-order valence-electron chi connectivity index (χ0n) is 15.3. The molecule has 0 saturated carbocycles. The summed E-state index contributed by atoms with van der Waals surface area (Å²) in [5.74, 6) is 0.566. The van der Waals surface area contributed by atoms with Crippen molar-refractivity contribution in [2.75, 3.05) is 13.7 Å². The smallest absolute Gasteiger partial charge is 0.252 e. The van der Waals surface area contributed by atoms with E-state index in [1.807, 2.05) is 24.3 Å². The fraction of sp³-hybridized carbons (Fsp3) is 0.421. The van der Waals surface area contributed by atoms with Gasteiger partial charge in [-0.25, -0.2) is 8.42 Å². The first-order valence-corrected chi connectivity index (χ1v) is 11.3. The molecule has 1 aliphatic heterocycles. The van der Waals surface area contributed by atoms with Gasteiger partial charge < -0.3 is 10.1 Å². The van der Waals surface area contributed by atoms with Crippen LogP contribution >= 0.6 is 11.3 Å². The van der Waals surface area contributed by atoms with Crippen molar-refractivity contribution in [1.82, 2.24) is 9.62 Å². The first kappa shape index (κ1) is 19.9. The van der Waals surface area contributed by atoms with Crippen LogP contribution in [0.2, 0.25) is 0 Å². The highest BCUT2D eigenvalue weighted by Crippen LogP contribution is 2.29. The first-order valence-electron chi connectivity index (χ1n) is 8.96. The van der Waals surface area contributed by atoms with Crippen molar-refractivity contribution in [3.05, 3.63) is 47.3 Å². The standard InChI is InChI=1S/C19H24N2O4S2/c1-25-17-9-3-2-7-15(17)14-20-18(22)13-16-8-4-5-11-21(16)27(23,24)19-10-6-12-26-19/h2-3,6-7,9-10,12,16H,4-5,8,11,13-14H2,1H3,(H,20,22)/t16-/m0/s1. The van der Waals surface area contributed by atoms with Gasteiger partial charge >= 0.3 is 0 Å². The third-order valence-corrected chi connectivity index (χ3v) is 8.05. The first-order chi connectivity index (χ1) is 13.0. The SMILES string of the molecule is COc1ccccc1CNC(=O)C[C@@H]1CCCCN1S(=O)(=O)c1cccs1. The second-order valence-electron chi connectivity index (χ2n) is 6.49. The summed E-state index contributed by atoms with van der Waals surface area (Å²) < 4.78 is 32.9. The Morgan fingerprint density at radius 1 is 1.26 bits per heavy atom. The lowest BCUT2D eigenvalue weighted by Gasteiger charge is -2.34. The maximum atomic E-state index is 12.9. The van der Waals surface area contributed by atoms with Gasteiger partial charge in [-0.2, -0.15) is 4.31 Å². The van der Waals surface area contributed by atoms with Crippen LogP contribution in [-0.2, 0) is 21.4 Å². The molecule has 1 atom stereocenters. The van der Waals surface area contributed by atoms with Gasteiger partial charge in [-0.3, -0.25) is 4.79 Å². The van der Waals surface area contributed by atoms with Gasteiger partial charge in [0.2, 0.25) is 5.91 Å². The van der Waals surface area contributed by atoms with Crippen molar-refractivity contribution in [1.29, 1.82) is 0 Å². The minimum Gasteiger partial charge on any atom is -0.496 e. The van der Waals surface area contributed by atoms with Gasteiger partial charge in [-0.1, -0.05) is 30.7 Å². The van der Waals surface area contributed by atoms with E-state index in [1.165, 1.54) is 15.6 Å². The van der Waals surface area contributed by atoms with Crippen LogP contribution in [0.3, 0.4) is 0 Å².